The molecule has 30 heavy (non-hydrogen) atoms. The summed E-state index contributed by atoms with van der Waals surface area (Å²) in [5.74, 6) is -0.520. The van der Waals surface area contributed by atoms with Crippen molar-refractivity contribution in [2.75, 3.05) is 33.8 Å². The quantitative estimate of drug-likeness (QED) is 0.632. The van der Waals surface area contributed by atoms with Gasteiger partial charge < -0.3 is 10.0 Å². The third kappa shape index (κ3) is 5.34. The Labute approximate surface area is 188 Å². The molecule has 1 N–H and O–H groups in total. The monoisotopic (exact) mass is 450 g/mol. The molecular weight excluding hydrogens is 423 g/mol. The summed E-state index contributed by atoms with van der Waals surface area (Å²) in [5.41, 5.74) is 0.999. The molecule has 0 bridgehead atoms. The molecule has 1 aliphatic rings. The van der Waals surface area contributed by atoms with Gasteiger partial charge in [-0.15, -0.1) is 0 Å². The Morgan fingerprint density at radius 1 is 1.17 bits per heavy atom. The molecule has 3 rings (SSSR count). The number of nitrogens with zero attached hydrogens (tertiary/aromatic N) is 2. The highest BCUT2D eigenvalue weighted by Crippen LogP contribution is 2.34. The summed E-state index contributed by atoms with van der Waals surface area (Å²) in [6.07, 6.45) is 1.95. The average molecular weight is 451 g/mol. The number of benzene rings is 2. The smallest absolute Gasteiger partial charge is 0.253 e. The summed E-state index contributed by atoms with van der Waals surface area (Å²) in [6.45, 7) is 2.28. The van der Waals surface area contributed by atoms with E-state index in [1.807, 2.05) is 36.4 Å². The van der Waals surface area contributed by atoms with Crippen LogP contribution in [0.4, 0.5) is 0 Å². The molecule has 0 saturated carbocycles. The highest BCUT2D eigenvalue weighted by Gasteiger charge is 2.34. The van der Waals surface area contributed by atoms with E-state index in [-0.39, 0.29) is 11.8 Å². The second kappa shape index (κ2) is 10.1. The standard InChI is InChI=1S/C23H28Cl2N2O3/c1-26(30-2)22(28)19(17-8-9-20(24)21(25)16-17)10-13-27-14-11-23(29,12-15-27)18-6-4-3-5-7-18/h3-9,16,19,29H,10-15H2,1-2H3. The summed E-state index contributed by atoms with van der Waals surface area (Å²) >= 11 is 12.2. The van der Waals surface area contributed by atoms with Crippen LogP contribution in [0, 0.1) is 0 Å². The molecule has 1 aliphatic heterocycles. The molecule has 1 fully saturated rings. The Bertz CT molecular complexity index is 855. The molecule has 162 valence electrons. The molecule has 1 amide bonds. The van der Waals surface area contributed by atoms with Crippen LogP contribution in [0.3, 0.4) is 0 Å². The SMILES string of the molecule is CON(C)C(=O)C(CCN1CCC(O)(c2ccccc2)CC1)c1ccc(Cl)c(Cl)c1. The zero-order valence-electron chi connectivity index (χ0n) is 17.4. The first-order valence-corrected chi connectivity index (χ1v) is 10.9. The fraction of sp³-hybridized carbons (Fsp3) is 0.435. The molecule has 2 aromatic carbocycles. The molecule has 0 aliphatic carbocycles. The average Bonchev–Trinajstić information content (AvgIpc) is 2.77. The second-order valence-corrected chi connectivity index (χ2v) is 8.59. The van der Waals surface area contributed by atoms with E-state index in [4.69, 9.17) is 28.0 Å². The molecule has 0 radical (unpaired) electrons. The number of piperidine rings is 1. The van der Waals surface area contributed by atoms with E-state index in [1.54, 1.807) is 19.2 Å². The first kappa shape index (κ1) is 23.0. The molecule has 1 heterocycles. The van der Waals surface area contributed by atoms with E-state index in [2.05, 4.69) is 4.90 Å². The minimum absolute atomic E-state index is 0.131. The van der Waals surface area contributed by atoms with Crippen LogP contribution in [0.15, 0.2) is 48.5 Å². The van der Waals surface area contributed by atoms with Crippen molar-refractivity contribution in [1.29, 1.82) is 0 Å². The number of carbonyl (C=O) groups excluding carboxylic acids is 1. The lowest BCUT2D eigenvalue weighted by Gasteiger charge is -2.39. The van der Waals surface area contributed by atoms with E-state index >= 15 is 0 Å². The Morgan fingerprint density at radius 2 is 1.83 bits per heavy atom. The van der Waals surface area contributed by atoms with Gasteiger partial charge in [0, 0.05) is 20.1 Å². The molecule has 1 saturated heterocycles. The van der Waals surface area contributed by atoms with Gasteiger partial charge in [0.1, 0.15) is 0 Å². The fourth-order valence-corrected chi connectivity index (χ4v) is 4.27. The van der Waals surface area contributed by atoms with Crippen LogP contribution < -0.4 is 0 Å². The van der Waals surface area contributed by atoms with Gasteiger partial charge in [0.25, 0.3) is 5.91 Å². The largest absolute Gasteiger partial charge is 0.385 e. The summed E-state index contributed by atoms with van der Waals surface area (Å²) in [5, 5.41) is 13.2. The van der Waals surface area contributed by atoms with Gasteiger partial charge in [-0.05, 0) is 49.1 Å². The Balaban J connectivity index is 1.66. The number of likely N-dealkylation sites (N-methyl/N-ethyl adjacent to an activating group) is 1. The molecule has 2 aromatic rings. The third-order valence-electron chi connectivity index (χ3n) is 5.96. The lowest BCUT2D eigenvalue weighted by Crippen LogP contribution is -2.43. The van der Waals surface area contributed by atoms with Gasteiger partial charge in [0.2, 0.25) is 0 Å². The molecule has 7 heteroatoms. The minimum atomic E-state index is -0.785. The Kier molecular flexibility index (Phi) is 7.77. The molecule has 1 atom stereocenters. The predicted octanol–water partition coefficient (Wildman–Crippen LogP) is 4.47. The number of hydrogen-bond acceptors (Lipinski definition) is 4. The second-order valence-electron chi connectivity index (χ2n) is 7.77. The number of halogens is 2. The molecule has 5 nitrogen and oxygen atoms in total. The number of carbonyl (C=O) groups is 1. The summed E-state index contributed by atoms with van der Waals surface area (Å²) < 4.78 is 0. The van der Waals surface area contributed by atoms with Gasteiger partial charge in [0.15, 0.2) is 0 Å². The van der Waals surface area contributed by atoms with E-state index in [1.165, 1.54) is 12.2 Å². The van der Waals surface area contributed by atoms with Crippen LogP contribution >= 0.6 is 23.2 Å². The number of hydrogen-bond donors (Lipinski definition) is 1. The number of hydroxylamine groups is 2. The fourth-order valence-electron chi connectivity index (χ4n) is 3.97. The topological polar surface area (TPSA) is 53.0 Å². The van der Waals surface area contributed by atoms with Crippen LogP contribution in [0.25, 0.3) is 0 Å². The zero-order valence-corrected chi connectivity index (χ0v) is 18.9. The molecular formula is C23H28Cl2N2O3. The van der Waals surface area contributed by atoms with Crippen LogP contribution in [-0.4, -0.2) is 54.8 Å². The maximum absolute atomic E-state index is 12.9. The summed E-state index contributed by atoms with van der Waals surface area (Å²) in [6, 6.07) is 15.1. The highest BCUT2D eigenvalue weighted by atomic mass is 35.5. The van der Waals surface area contributed by atoms with Crippen LogP contribution in [0.2, 0.25) is 10.0 Å². The Morgan fingerprint density at radius 3 is 2.43 bits per heavy atom. The van der Waals surface area contributed by atoms with Crippen LogP contribution in [0.1, 0.15) is 36.3 Å². The molecule has 1 unspecified atom stereocenters. The van der Waals surface area contributed by atoms with E-state index < -0.39 is 5.60 Å². The highest BCUT2D eigenvalue weighted by molar-refractivity contribution is 6.42. The van der Waals surface area contributed by atoms with Crippen molar-refractivity contribution in [2.45, 2.75) is 30.8 Å². The van der Waals surface area contributed by atoms with Gasteiger partial charge >= 0.3 is 0 Å². The van der Waals surface area contributed by atoms with Crippen LogP contribution in [-0.2, 0) is 15.2 Å². The minimum Gasteiger partial charge on any atom is -0.385 e. The van der Waals surface area contributed by atoms with Gasteiger partial charge in [-0.2, -0.15) is 0 Å². The van der Waals surface area contributed by atoms with Crippen molar-refractivity contribution in [2.24, 2.45) is 0 Å². The summed E-state index contributed by atoms with van der Waals surface area (Å²) in [7, 11) is 3.08. The van der Waals surface area contributed by atoms with Crippen molar-refractivity contribution in [1.82, 2.24) is 9.96 Å². The number of rotatable bonds is 7. The maximum Gasteiger partial charge on any atom is 0.253 e. The van der Waals surface area contributed by atoms with Gasteiger partial charge in [-0.3, -0.25) is 9.63 Å². The predicted molar refractivity (Wildman–Crippen MR) is 120 cm³/mol. The van der Waals surface area contributed by atoms with Gasteiger partial charge in [-0.1, -0.05) is 59.6 Å². The van der Waals surface area contributed by atoms with Crippen molar-refractivity contribution in [3.8, 4) is 0 Å². The van der Waals surface area contributed by atoms with Crippen molar-refractivity contribution in [3.63, 3.8) is 0 Å². The first-order chi connectivity index (χ1) is 14.3. The van der Waals surface area contributed by atoms with Crippen molar-refractivity contribution in [3.05, 3.63) is 69.7 Å². The maximum atomic E-state index is 12.9. The van der Waals surface area contributed by atoms with Crippen molar-refractivity contribution >= 4 is 29.1 Å². The number of aliphatic hydroxyl groups is 1. The zero-order chi connectivity index (χ0) is 21.7. The molecule has 0 aromatic heterocycles. The lowest BCUT2D eigenvalue weighted by atomic mass is 9.84. The van der Waals surface area contributed by atoms with Gasteiger partial charge in [0.05, 0.1) is 28.7 Å². The van der Waals surface area contributed by atoms with Gasteiger partial charge in [-0.25, -0.2) is 5.06 Å². The van der Waals surface area contributed by atoms with Crippen LogP contribution in [0.5, 0.6) is 0 Å². The number of likely N-dealkylation sites (tertiary alicyclic amines) is 1. The molecule has 0 spiro atoms. The summed E-state index contributed by atoms with van der Waals surface area (Å²) in [4.78, 5) is 20.3. The normalized spacial score (nSPS) is 17.5. The Hall–Kier alpha value is -1.63. The number of amides is 1. The third-order valence-corrected chi connectivity index (χ3v) is 6.70. The lowest BCUT2D eigenvalue weighted by molar-refractivity contribution is -0.170. The van der Waals surface area contributed by atoms with E-state index in [0.29, 0.717) is 29.3 Å². The van der Waals surface area contributed by atoms with E-state index in [0.717, 1.165) is 30.8 Å². The van der Waals surface area contributed by atoms with E-state index in [9.17, 15) is 9.90 Å². The first-order valence-electron chi connectivity index (χ1n) is 10.1. The van der Waals surface area contributed by atoms with Crippen molar-refractivity contribution < 1.29 is 14.7 Å².